The van der Waals surface area contributed by atoms with Gasteiger partial charge in [-0.1, -0.05) is 12.2 Å². The van der Waals surface area contributed by atoms with Gasteiger partial charge in [-0.05, 0) is 0 Å². The van der Waals surface area contributed by atoms with E-state index in [2.05, 4.69) is 4.74 Å². The Bertz CT molecular complexity index is 187. The van der Waals surface area contributed by atoms with Gasteiger partial charge in [0.25, 0.3) is 0 Å². The number of carbonyl (C=O) groups excluding carboxylic acids is 1. The van der Waals surface area contributed by atoms with Crippen molar-refractivity contribution in [3.05, 3.63) is 12.2 Å². The molecule has 2 unspecified atom stereocenters. The van der Waals surface area contributed by atoms with Gasteiger partial charge in [0, 0.05) is 6.42 Å². The van der Waals surface area contributed by atoms with E-state index >= 15 is 0 Å². The van der Waals surface area contributed by atoms with Crippen LogP contribution in [0, 0.1) is 0 Å². The van der Waals surface area contributed by atoms with Gasteiger partial charge in [-0.15, -0.1) is 0 Å². The number of aliphatic hydroxyl groups is 1. The Hall–Kier alpha value is -0.870. The van der Waals surface area contributed by atoms with Crippen LogP contribution in [0.15, 0.2) is 12.2 Å². The normalized spacial score (nSPS) is 28.5. The predicted octanol–water partition coefficient (Wildman–Crippen LogP) is -0.135. The highest BCUT2D eigenvalue weighted by molar-refractivity contribution is 5.74. The molecule has 0 aromatic carbocycles. The summed E-state index contributed by atoms with van der Waals surface area (Å²) in [4.78, 5) is 11.0. The highest BCUT2D eigenvalue weighted by Crippen LogP contribution is 2.12. The molecule has 0 fully saturated rings. The van der Waals surface area contributed by atoms with Gasteiger partial charge in [0.2, 0.25) is 0 Å². The summed E-state index contributed by atoms with van der Waals surface area (Å²) >= 11 is 0. The molecule has 0 aromatic rings. The number of hydrogen-bond donors (Lipinski definition) is 1. The molecule has 0 bridgehead atoms. The van der Waals surface area contributed by atoms with E-state index in [9.17, 15) is 4.79 Å². The second-order valence-corrected chi connectivity index (χ2v) is 2.53. The van der Waals surface area contributed by atoms with E-state index in [1.54, 1.807) is 6.08 Å². The van der Waals surface area contributed by atoms with Gasteiger partial charge in [-0.25, -0.2) is 4.79 Å². The fourth-order valence-corrected chi connectivity index (χ4v) is 1.05. The van der Waals surface area contributed by atoms with Crippen LogP contribution in [-0.2, 0) is 14.3 Å². The molecule has 0 spiro atoms. The Balaban J connectivity index is 2.49. The van der Waals surface area contributed by atoms with E-state index in [-0.39, 0.29) is 12.7 Å². The van der Waals surface area contributed by atoms with Crippen LogP contribution in [-0.4, -0.2) is 37.0 Å². The summed E-state index contributed by atoms with van der Waals surface area (Å²) in [6.45, 7) is -0.107. The van der Waals surface area contributed by atoms with Crippen LogP contribution in [0.1, 0.15) is 6.42 Å². The monoisotopic (exact) mass is 172 g/mol. The molecule has 0 aliphatic carbocycles. The molecule has 1 heterocycles. The maximum Gasteiger partial charge on any atom is 0.335 e. The summed E-state index contributed by atoms with van der Waals surface area (Å²) in [5.74, 6) is -0.391. The number of methoxy groups -OCH3 is 1. The van der Waals surface area contributed by atoms with Crippen LogP contribution in [0.5, 0.6) is 0 Å². The van der Waals surface area contributed by atoms with Crippen molar-refractivity contribution in [3.8, 4) is 0 Å². The minimum Gasteiger partial charge on any atom is -0.467 e. The first-order chi connectivity index (χ1) is 5.77. The fourth-order valence-electron chi connectivity index (χ4n) is 1.05. The van der Waals surface area contributed by atoms with Crippen molar-refractivity contribution in [2.24, 2.45) is 0 Å². The molecule has 0 amide bonds. The van der Waals surface area contributed by atoms with Gasteiger partial charge < -0.3 is 14.6 Å². The Kier molecular flexibility index (Phi) is 3.25. The van der Waals surface area contributed by atoms with E-state index in [4.69, 9.17) is 9.84 Å². The summed E-state index contributed by atoms with van der Waals surface area (Å²) in [7, 11) is 1.32. The summed E-state index contributed by atoms with van der Waals surface area (Å²) in [6.07, 6.45) is 3.13. The van der Waals surface area contributed by atoms with Crippen LogP contribution < -0.4 is 0 Å². The van der Waals surface area contributed by atoms with Crippen LogP contribution in [0.25, 0.3) is 0 Å². The second kappa shape index (κ2) is 4.23. The molecule has 2 atom stereocenters. The van der Waals surface area contributed by atoms with Crippen LogP contribution in [0.2, 0.25) is 0 Å². The first kappa shape index (κ1) is 9.22. The highest BCUT2D eigenvalue weighted by Gasteiger charge is 2.24. The Morgan fingerprint density at radius 3 is 3.17 bits per heavy atom. The Labute approximate surface area is 70.8 Å². The molecule has 0 saturated heterocycles. The number of aliphatic hydroxyl groups excluding tert-OH is 1. The molecule has 1 aliphatic rings. The van der Waals surface area contributed by atoms with Crippen molar-refractivity contribution in [2.75, 3.05) is 13.7 Å². The Morgan fingerprint density at radius 2 is 2.58 bits per heavy atom. The second-order valence-electron chi connectivity index (χ2n) is 2.53. The maximum absolute atomic E-state index is 11.0. The maximum atomic E-state index is 11.0. The number of hydrogen-bond acceptors (Lipinski definition) is 4. The zero-order valence-corrected chi connectivity index (χ0v) is 6.90. The minimum absolute atomic E-state index is 0.107. The molecular weight excluding hydrogens is 160 g/mol. The lowest BCUT2D eigenvalue weighted by molar-refractivity contribution is -0.158. The third-order valence-corrected chi connectivity index (χ3v) is 1.68. The van der Waals surface area contributed by atoms with E-state index < -0.39 is 12.1 Å². The predicted molar refractivity (Wildman–Crippen MR) is 41.5 cm³/mol. The summed E-state index contributed by atoms with van der Waals surface area (Å²) in [5.41, 5.74) is 0. The highest BCUT2D eigenvalue weighted by atomic mass is 16.6. The van der Waals surface area contributed by atoms with Crippen LogP contribution >= 0.6 is 0 Å². The lowest BCUT2D eigenvalue weighted by Gasteiger charge is -2.22. The third kappa shape index (κ3) is 2.06. The number of esters is 1. The van der Waals surface area contributed by atoms with Crippen molar-refractivity contribution in [3.63, 3.8) is 0 Å². The molecule has 0 saturated carbocycles. The fraction of sp³-hybridized carbons (Fsp3) is 0.625. The van der Waals surface area contributed by atoms with Crippen molar-refractivity contribution in [1.29, 1.82) is 0 Å². The van der Waals surface area contributed by atoms with Gasteiger partial charge in [0.05, 0.1) is 19.8 Å². The quantitative estimate of drug-likeness (QED) is 0.465. The summed E-state index contributed by atoms with van der Waals surface area (Å²) < 4.78 is 9.68. The lowest BCUT2D eigenvalue weighted by atomic mass is 10.1. The van der Waals surface area contributed by atoms with Crippen molar-refractivity contribution in [1.82, 2.24) is 0 Å². The van der Waals surface area contributed by atoms with E-state index in [0.717, 1.165) is 0 Å². The van der Waals surface area contributed by atoms with Gasteiger partial charge in [0.1, 0.15) is 0 Å². The molecule has 0 aromatic heterocycles. The van der Waals surface area contributed by atoms with Gasteiger partial charge in [-0.2, -0.15) is 0 Å². The number of ether oxygens (including phenoxy) is 2. The molecule has 1 aliphatic heterocycles. The molecule has 4 nitrogen and oxygen atoms in total. The van der Waals surface area contributed by atoms with E-state index in [0.29, 0.717) is 6.42 Å². The largest absolute Gasteiger partial charge is 0.467 e. The smallest absolute Gasteiger partial charge is 0.335 e. The molecule has 1 N–H and O–H groups in total. The standard InChI is InChI=1S/C8H12O4/c1-11-8(10)7-4-2-3-6(5-9)12-7/h2-3,6-7,9H,4-5H2,1H3. The van der Waals surface area contributed by atoms with Gasteiger partial charge in [0.15, 0.2) is 6.10 Å². The van der Waals surface area contributed by atoms with E-state index in [1.807, 2.05) is 6.08 Å². The first-order valence-corrected chi connectivity index (χ1v) is 3.78. The third-order valence-electron chi connectivity index (χ3n) is 1.68. The molecule has 68 valence electrons. The zero-order chi connectivity index (χ0) is 8.97. The average molecular weight is 172 g/mol. The molecular formula is C8H12O4. The molecule has 12 heavy (non-hydrogen) atoms. The van der Waals surface area contributed by atoms with Gasteiger partial charge in [-0.3, -0.25) is 0 Å². The average Bonchev–Trinajstić information content (AvgIpc) is 2.17. The molecule has 4 heteroatoms. The zero-order valence-electron chi connectivity index (χ0n) is 6.90. The topological polar surface area (TPSA) is 55.8 Å². The number of carbonyl (C=O) groups is 1. The van der Waals surface area contributed by atoms with Crippen LogP contribution in [0.4, 0.5) is 0 Å². The summed E-state index contributed by atoms with van der Waals surface area (Å²) in [5, 5.41) is 8.73. The minimum atomic E-state index is -0.558. The molecule has 1 rings (SSSR count). The number of rotatable bonds is 2. The van der Waals surface area contributed by atoms with Crippen molar-refractivity contribution >= 4 is 5.97 Å². The molecule has 0 radical (unpaired) electrons. The lowest BCUT2D eigenvalue weighted by Crippen LogP contribution is -2.33. The van der Waals surface area contributed by atoms with Crippen molar-refractivity contribution in [2.45, 2.75) is 18.6 Å². The first-order valence-electron chi connectivity index (χ1n) is 3.78. The SMILES string of the molecule is COC(=O)C1CC=CC(CO)O1. The van der Waals surface area contributed by atoms with Gasteiger partial charge >= 0.3 is 5.97 Å². The van der Waals surface area contributed by atoms with Crippen molar-refractivity contribution < 1.29 is 19.4 Å². The van der Waals surface area contributed by atoms with E-state index in [1.165, 1.54) is 7.11 Å². The Morgan fingerprint density at radius 1 is 1.83 bits per heavy atom. The summed E-state index contributed by atoms with van der Waals surface area (Å²) in [6, 6.07) is 0. The van der Waals surface area contributed by atoms with Crippen LogP contribution in [0.3, 0.4) is 0 Å².